The maximum Gasteiger partial charge on any atom is 0.287 e. The summed E-state index contributed by atoms with van der Waals surface area (Å²) in [6.07, 6.45) is 4.47. The van der Waals surface area contributed by atoms with Crippen LogP contribution in [0.5, 0.6) is 0 Å². The van der Waals surface area contributed by atoms with E-state index in [-0.39, 0.29) is 17.9 Å². The van der Waals surface area contributed by atoms with Crippen LogP contribution in [0.3, 0.4) is 0 Å². The standard InChI is InChI=1S/C25H22N4O3S/c30-23(21-11-9-19(32-21)13-16-5-2-1-3-6-16)27-18-8-10-20-17(14-18)15-26-25(28-20)29-24(31)22-7-4-12-33-22/h1-7,9,11-12,15,18H,8,10,13-14H2,(H,27,30)(H,26,28,29,31). The van der Waals surface area contributed by atoms with Crippen molar-refractivity contribution in [3.8, 4) is 0 Å². The molecule has 33 heavy (non-hydrogen) atoms. The Kier molecular flexibility index (Phi) is 5.99. The lowest BCUT2D eigenvalue weighted by Gasteiger charge is -2.24. The minimum atomic E-state index is -0.219. The van der Waals surface area contributed by atoms with E-state index in [1.165, 1.54) is 11.3 Å². The minimum Gasteiger partial charge on any atom is -0.456 e. The van der Waals surface area contributed by atoms with E-state index >= 15 is 0 Å². The van der Waals surface area contributed by atoms with E-state index < -0.39 is 0 Å². The van der Waals surface area contributed by atoms with Gasteiger partial charge < -0.3 is 9.73 Å². The highest BCUT2D eigenvalue weighted by Crippen LogP contribution is 2.22. The quantitative estimate of drug-likeness (QED) is 0.450. The SMILES string of the molecule is O=C(NC1CCc2nc(NC(=O)c3cccs3)ncc2C1)c1ccc(Cc2ccccc2)o1. The van der Waals surface area contributed by atoms with Crippen molar-refractivity contribution in [2.24, 2.45) is 0 Å². The number of anilines is 1. The van der Waals surface area contributed by atoms with Crippen molar-refractivity contribution in [3.63, 3.8) is 0 Å². The fraction of sp³-hybridized carbons (Fsp3) is 0.200. The van der Waals surface area contributed by atoms with Gasteiger partial charge in [-0.25, -0.2) is 9.97 Å². The van der Waals surface area contributed by atoms with Gasteiger partial charge in [0, 0.05) is 24.4 Å². The van der Waals surface area contributed by atoms with Crippen LogP contribution in [-0.2, 0) is 19.3 Å². The molecule has 0 saturated carbocycles. The van der Waals surface area contributed by atoms with E-state index in [2.05, 4.69) is 20.6 Å². The molecule has 0 fully saturated rings. The largest absolute Gasteiger partial charge is 0.456 e. The third-order valence-corrected chi connectivity index (χ3v) is 6.43. The van der Waals surface area contributed by atoms with Gasteiger partial charge >= 0.3 is 0 Å². The summed E-state index contributed by atoms with van der Waals surface area (Å²) >= 11 is 1.37. The number of fused-ring (bicyclic) bond motifs is 1. The molecule has 1 aliphatic carbocycles. The topological polar surface area (TPSA) is 97.1 Å². The molecule has 166 valence electrons. The Morgan fingerprint density at radius 3 is 2.76 bits per heavy atom. The molecule has 7 nitrogen and oxygen atoms in total. The maximum atomic E-state index is 12.7. The van der Waals surface area contributed by atoms with Crippen LogP contribution in [0.15, 0.2) is 70.6 Å². The Morgan fingerprint density at radius 1 is 1.06 bits per heavy atom. The van der Waals surface area contributed by atoms with Crippen LogP contribution < -0.4 is 10.6 Å². The average molecular weight is 459 g/mol. The number of furan rings is 1. The number of carbonyl (C=O) groups is 2. The van der Waals surface area contributed by atoms with Crippen molar-refractivity contribution in [3.05, 3.63) is 99.4 Å². The second-order valence-corrected chi connectivity index (χ2v) is 8.89. The number of thiophene rings is 1. The van der Waals surface area contributed by atoms with Crippen molar-refractivity contribution in [1.29, 1.82) is 0 Å². The number of aromatic nitrogens is 2. The Bertz CT molecular complexity index is 1270. The first-order valence-electron chi connectivity index (χ1n) is 10.8. The van der Waals surface area contributed by atoms with E-state index in [0.717, 1.165) is 29.0 Å². The number of hydrogen-bond acceptors (Lipinski definition) is 6. The maximum absolute atomic E-state index is 12.7. The number of aryl methyl sites for hydroxylation is 1. The van der Waals surface area contributed by atoms with Crippen molar-refractivity contribution in [2.45, 2.75) is 31.7 Å². The lowest BCUT2D eigenvalue weighted by Crippen LogP contribution is -2.39. The number of rotatable bonds is 6. The molecule has 0 aliphatic heterocycles. The van der Waals surface area contributed by atoms with Gasteiger partial charge in [-0.2, -0.15) is 0 Å². The Hall–Kier alpha value is -3.78. The number of amides is 2. The fourth-order valence-corrected chi connectivity index (χ4v) is 4.53. The molecule has 5 rings (SSSR count). The van der Waals surface area contributed by atoms with E-state index in [9.17, 15) is 9.59 Å². The van der Waals surface area contributed by atoms with Gasteiger partial charge in [-0.3, -0.25) is 14.9 Å². The molecule has 1 unspecified atom stereocenters. The first kappa shape index (κ1) is 21.1. The molecule has 0 bridgehead atoms. The monoisotopic (exact) mass is 458 g/mol. The van der Waals surface area contributed by atoms with E-state index in [4.69, 9.17) is 4.42 Å². The number of nitrogens with zero attached hydrogens (tertiary/aromatic N) is 2. The summed E-state index contributed by atoms with van der Waals surface area (Å²) in [6, 6.07) is 17.1. The molecule has 0 spiro atoms. The molecular formula is C25H22N4O3S. The lowest BCUT2D eigenvalue weighted by molar-refractivity contribution is 0.0903. The summed E-state index contributed by atoms with van der Waals surface area (Å²) in [4.78, 5) is 34.3. The van der Waals surface area contributed by atoms with E-state index in [1.807, 2.05) is 47.8 Å². The second-order valence-electron chi connectivity index (χ2n) is 7.94. The van der Waals surface area contributed by atoms with Gasteiger partial charge in [-0.15, -0.1) is 11.3 Å². The zero-order valence-corrected chi connectivity index (χ0v) is 18.6. The number of benzene rings is 1. The van der Waals surface area contributed by atoms with Crippen LogP contribution in [0.2, 0.25) is 0 Å². The summed E-state index contributed by atoms with van der Waals surface area (Å²) in [5, 5.41) is 7.66. The lowest BCUT2D eigenvalue weighted by atomic mass is 9.93. The minimum absolute atomic E-state index is 0.0252. The summed E-state index contributed by atoms with van der Waals surface area (Å²) in [7, 11) is 0. The highest BCUT2D eigenvalue weighted by molar-refractivity contribution is 7.12. The highest BCUT2D eigenvalue weighted by Gasteiger charge is 2.24. The van der Waals surface area contributed by atoms with Crippen LogP contribution in [-0.4, -0.2) is 27.8 Å². The Morgan fingerprint density at radius 2 is 1.94 bits per heavy atom. The Labute approximate surface area is 194 Å². The van der Waals surface area contributed by atoms with Gasteiger partial charge in [0.15, 0.2) is 5.76 Å². The first-order chi connectivity index (χ1) is 16.1. The van der Waals surface area contributed by atoms with Crippen molar-refractivity contribution >= 4 is 29.1 Å². The van der Waals surface area contributed by atoms with Crippen molar-refractivity contribution in [2.75, 3.05) is 5.32 Å². The number of hydrogen-bond donors (Lipinski definition) is 2. The predicted molar refractivity (Wildman–Crippen MR) is 126 cm³/mol. The number of nitrogens with one attached hydrogen (secondary N) is 2. The zero-order valence-electron chi connectivity index (χ0n) is 17.8. The predicted octanol–water partition coefficient (Wildman–Crippen LogP) is 4.26. The molecule has 1 aromatic carbocycles. The van der Waals surface area contributed by atoms with Gasteiger partial charge in [-0.1, -0.05) is 36.4 Å². The van der Waals surface area contributed by atoms with Crippen LogP contribution in [0, 0.1) is 0 Å². The molecule has 4 aromatic rings. The van der Waals surface area contributed by atoms with Gasteiger partial charge in [0.2, 0.25) is 5.95 Å². The van der Waals surface area contributed by atoms with Crippen LogP contribution in [0.25, 0.3) is 0 Å². The summed E-state index contributed by atoms with van der Waals surface area (Å²) < 4.78 is 5.77. The molecule has 1 aliphatic rings. The molecule has 0 saturated heterocycles. The van der Waals surface area contributed by atoms with Gasteiger partial charge in [0.05, 0.1) is 4.88 Å². The van der Waals surface area contributed by atoms with E-state index in [0.29, 0.717) is 35.8 Å². The molecule has 2 amide bonds. The molecular weight excluding hydrogens is 436 g/mol. The third-order valence-electron chi connectivity index (χ3n) is 5.56. The van der Waals surface area contributed by atoms with Gasteiger partial charge in [0.25, 0.3) is 11.8 Å². The first-order valence-corrected chi connectivity index (χ1v) is 11.6. The normalized spacial score (nSPS) is 15.0. The van der Waals surface area contributed by atoms with Gasteiger partial charge in [0.1, 0.15) is 5.76 Å². The van der Waals surface area contributed by atoms with Crippen LogP contribution in [0.1, 0.15) is 49.2 Å². The van der Waals surface area contributed by atoms with Gasteiger partial charge in [-0.05, 0) is 54.0 Å². The van der Waals surface area contributed by atoms with Crippen LogP contribution >= 0.6 is 11.3 Å². The third kappa shape index (κ3) is 5.01. The number of carbonyl (C=O) groups excluding carboxylic acids is 2. The molecule has 2 N–H and O–H groups in total. The highest BCUT2D eigenvalue weighted by atomic mass is 32.1. The van der Waals surface area contributed by atoms with Crippen molar-refractivity contribution < 1.29 is 14.0 Å². The van der Waals surface area contributed by atoms with E-state index in [1.54, 1.807) is 18.3 Å². The van der Waals surface area contributed by atoms with Crippen molar-refractivity contribution in [1.82, 2.24) is 15.3 Å². The molecule has 3 aromatic heterocycles. The average Bonchev–Trinajstić information content (AvgIpc) is 3.52. The second kappa shape index (κ2) is 9.38. The fourth-order valence-electron chi connectivity index (χ4n) is 3.91. The van der Waals surface area contributed by atoms with Crippen LogP contribution in [0.4, 0.5) is 5.95 Å². The smallest absolute Gasteiger partial charge is 0.287 e. The summed E-state index contributed by atoms with van der Waals surface area (Å²) in [5.41, 5.74) is 3.01. The zero-order chi connectivity index (χ0) is 22.6. The molecule has 3 heterocycles. The summed E-state index contributed by atoms with van der Waals surface area (Å²) in [5.74, 6) is 0.941. The molecule has 1 atom stereocenters. The molecule has 8 heteroatoms. The Balaban J connectivity index is 1.18. The summed E-state index contributed by atoms with van der Waals surface area (Å²) in [6.45, 7) is 0. The molecule has 0 radical (unpaired) electrons.